The van der Waals surface area contributed by atoms with Gasteiger partial charge < -0.3 is 11.1 Å². The van der Waals surface area contributed by atoms with Crippen molar-refractivity contribution in [1.29, 1.82) is 0 Å². The number of aromatic nitrogens is 6. The van der Waals surface area contributed by atoms with E-state index in [1.54, 1.807) is 16.9 Å². The number of hydrogen-bond donors (Lipinski definition) is 2. The Hall–Kier alpha value is -3.62. The number of fused-ring (bicyclic) bond motifs is 2. The molecule has 31 heavy (non-hydrogen) atoms. The SMILES string of the molecule is CC(C)c1cnn2c(NC3CCc4c(ccnc4N)C3)nc(-c3cncc(F)c3)nc12. The normalized spacial score (nSPS) is 15.9. The van der Waals surface area contributed by atoms with Crippen LogP contribution in [0.5, 0.6) is 0 Å². The molecular weight excluding hydrogens is 395 g/mol. The molecule has 3 N–H and O–H groups in total. The van der Waals surface area contributed by atoms with Crippen LogP contribution in [0, 0.1) is 5.82 Å². The van der Waals surface area contributed by atoms with Gasteiger partial charge in [-0.15, -0.1) is 0 Å². The van der Waals surface area contributed by atoms with E-state index in [2.05, 4.69) is 44.2 Å². The fourth-order valence-electron chi connectivity index (χ4n) is 4.08. The first-order chi connectivity index (χ1) is 15.0. The Kier molecular flexibility index (Phi) is 4.72. The smallest absolute Gasteiger partial charge is 0.228 e. The van der Waals surface area contributed by atoms with Gasteiger partial charge in [-0.3, -0.25) is 4.98 Å². The first kappa shape index (κ1) is 19.3. The Morgan fingerprint density at radius 3 is 2.90 bits per heavy atom. The van der Waals surface area contributed by atoms with Gasteiger partial charge in [-0.25, -0.2) is 14.4 Å². The van der Waals surface area contributed by atoms with Crippen molar-refractivity contribution in [2.75, 3.05) is 11.1 Å². The molecule has 0 spiro atoms. The number of rotatable bonds is 4. The van der Waals surface area contributed by atoms with Gasteiger partial charge in [0.1, 0.15) is 11.6 Å². The fourth-order valence-corrected chi connectivity index (χ4v) is 4.08. The molecule has 0 fully saturated rings. The Bertz CT molecular complexity index is 1270. The van der Waals surface area contributed by atoms with Crippen molar-refractivity contribution in [3.8, 4) is 11.4 Å². The molecule has 1 aliphatic carbocycles. The number of nitrogens with one attached hydrogen (secondary N) is 1. The second kappa shape index (κ2) is 7.57. The van der Waals surface area contributed by atoms with Gasteiger partial charge in [0.05, 0.1) is 12.4 Å². The molecule has 4 aromatic rings. The Morgan fingerprint density at radius 2 is 2.10 bits per heavy atom. The molecule has 0 aliphatic heterocycles. The molecule has 4 heterocycles. The average Bonchev–Trinajstić information content (AvgIpc) is 3.18. The molecule has 5 rings (SSSR count). The van der Waals surface area contributed by atoms with Gasteiger partial charge in [-0.05, 0) is 48.4 Å². The summed E-state index contributed by atoms with van der Waals surface area (Å²) >= 11 is 0. The molecule has 8 nitrogen and oxygen atoms in total. The van der Waals surface area contributed by atoms with Crippen molar-refractivity contribution in [2.45, 2.75) is 45.1 Å². The third-order valence-corrected chi connectivity index (χ3v) is 5.71. The van der Waals surface area contributed by atoms with E-state index >= 15 is 0 Å². The van der Waals surface area contributed by atoms with E-state index in [0.29, 0.717) is 28.8 Å². The third kappa shape index (κ3) is 3.56. The van der Waals surface area contributed by atoms with Crippen molar-refractivity contribution < 1.29 is 4.39 Å². The maximum atomic E-state index is 13.8. The van der Waals surface area contributed by atoms with Crippen LogP contribution in [0.2, 0.25) is 0 Å². The van der Waals surface area contributed by atoms with Crippen LogP contribution in [0.15, 0.2) is 36.9 Å². The molecule has 0 amide bonds. The summed E-state index contributed by atoms with van der Waals surface area (Å²) in [6, 6.07) is 3.56. The lowest BCUT2D eigenvalue weighted by Crippen LogP contribution is -2.29. The topological polar surface area (TPSA) is 107 Å². The van der Waals surface area contributed by atoms with Crippen molar-refractivity contribution in [3.05, 3.63) is 59.4 Å². The van der Waals surface area contributed by atoms with Crippen LogP contribution in [0.3, 0.4) is 0 Å². The van der Waals surface area contributed by atoms with E-state index in [1.165, 1.54) is 17.8 Å². The van der Waals surface area contributed by atoms with Crippen molar-refractivity contribution >= 4 is 17.4 Å². The maximum absolute atomic E-state index is 13.8. The molecule has 1 atom stereocenters. The third-order valence-electron chi connectivity index (χ3n) is 5.71. The predicted molar refractivity (Wildman–Crippen MR) is 116 cm³/mol. The predicted octanol–water partition coefficient (Wildman–Crippen LogP) is 3.40. The zero-order valence-corrected chi connectivity index (χ0v) is 17.4. The monoisotopic (exact) mass is 418 g/mol. The minimum atomic E-state index is -0.428. The molecule has 0 saturated heterocycles. The highest BCUT2D eigenvalue weighted by atomic mass is 19.1. The minimum absolute atomic E-state index is 0.151. The number of nitrogens with two attached hydrogens (primary N) is 1. The number of hydrogen-bond acceptors (Lipinski definition) is 7. The summed E-state index contributed by atoms with van der Waals surface area (Å²) in [5.74, 6) is 1.40. The van der Waals surface area contributed by atoms with Crippen molar-refractivity contribution in [1.82, 2.24) is 29.5 Å². The van der Waals surface area contributed by atoms with Crippen molar-refractivity contribution in [2.24, 2.45) is 0 Å². The minimum Gasteiger partial charge on any atom is -0.383 e. The number of nitrogen functional groups attached to an aromatic ring is 1. The lowest BCUT2D eigenvalue weighted by atomic mass is 9.89. The number of anilines is 2. The van der Waals surface area contributed by atoms with Gasteiger partial charge in [-0.1, -0.05) is 13.8 Å². The second-order valence-corrected chi connectivity index (χ2v) is 8.17. The van der Waals surface area contributed by atoms with E-state index < -0.39 is 5.82 Å². The van der Waals surface area contributed by atoms with Gasteiger partial charge in [0, 0.05) is 29.6 Å². The van der Waals surface area contributed by atoms with Crippen LogP contribution >= 0.6 is 0 Å². The van der Waals surface area contributed by atoms with Crippen LogP contribution in [-0.2, 0) is 12.8 Å². The zero-order valence-electron chi connectivity index (χ0n) is 17.4. The summed E-state index contributed by atoms with van der Waals surface area (Å²) in [5, 5.41) is 8.06. The fraction of sp³-hybridized carbons (Fsp3) is 0.318. The van der Waals surface area contributed by atoms with Crippen LogP contribution in [0.1, 0.15) is 42.9 Å². The van der Waals surface area contributed by atoms with Gasteiger partial charge in [0.2, 0.25) is 5.95 Å². The van der Waals surface area contributed by atoms with Gasteiger partial charge >= 0.3 is 0 Å². The van der Waals surface area contributed by atoms with Crippen LogP contribution < -0.4 is 11.1 Å². The molecule has 1 unspecified atom stereocenters. The van der Waals surface area contributed by atoms with Crippen LogP contribution in [-0.4, -0.2) is 35.6 Å². The van der Waals surface area contributed by atoms with E-state index in [1.807, 2.05) is 12.3 Å². The molecule has 0 saturated carbocycles. The largest absolute Gasteiger partial charge is 0.383 e. The summed E-state index contributed by atoms with van der Waals surface area (Å²) in [4.78, 5) is 17.5. The number of nitrogens with zero attached hydrogens (tertiary/aromatic N) is 6. The molecule has 158 valence electrons. The van der Waals surface area contributed by atoms with E-state index in [9.17, 15) is 4.39 Å². The number of pyridine rings is 2. The van der Waals surface area contributed by atoms with E-state index in [0.717, 1.165) is 30.4 Å². The summed E-state index contributed by atoms with van der Waals surface area (Å²) in [5.41, 5.74) is 10.6. The van der Waals surface area contributed by atoms with E-state index in [4.69, 9.17) is 5.73 Å². The van der Waals surface area contributed by atoms with E-state index in [-0.39, 0.29) is 12.0 Å². The first-order valence-corrected chi connectivity index (χ1v) is 10.3. The molecule has 0 bridgehead atoms. The standard InChI is InChI=1S/C22H23FN8/c1-12(2)18-11-27-31-21(18)29-20(14-7-15(23)10-25-9-14)30-22(31)28-16-3-4-17-13(8-16)5-6-26-19(17)24/h5-7,9-12,16H,3-4,8H2,1-2H3,(H2,24,26)(H,28,29,30). The van der Waals surface area contributed by atoms with Gasteiger partial charge in [0.15, 0.2) is 11.5 Å². The highest BCUT2D eigenvalue weighted by molar-refractivity contribution is 5.62. The Balaban J connectivity index is 1.56. The Labute approximate surface area is 178 Å². The lowest BCUT2D eigenvalue weighted by Gasteiger charge is -2.26. The van der Waals surface area contributed by atoms with Crippen LogP contribution in [0.4, 0.5) is 16.2 Å². The average molecular weight is 418 g/mol. The summed E-state index contributed by atoms with van der Waals surface area (Å²) in [6.45, 7) is 4.18. The molecule has 0 radical (unpaired) electrons. The second-order valence-electron chi connectivity index (χ2n) is 8.17. The maximum Gasteiger partial charge on any atom is 0.228 e. The first-order valence-electron chi connectivity index (χ1n) is 10.3. The highest BCUT2D eigenvalue weighted by Gasteiger charge is 2.23. The molecule has 1 aliphatic rings. The quantitative estimate of drug-likeness (QED) is 0.523. The lowest BCUT2D eigenvalue weighted by molar-refractivity contribution is 0.602. The molecule has 4 aromatic heterocycles. The van der Waals surface area contributed by atoms with Gasteiger partial charge in [0.25, 0.3) is 0 Å². The number of halogens is 1. The van der Waals surface area contributed by atoms with Crippen molar-refractivity contribution in [3.63, 3.8) is 0 Å². The molecule has 0 aromatic carbocycles. The van der Waals surface area contributed by atoms with Gasteiger partial charge in [-0.2, -0.15) is 14.6 Å². The summed E-state index contributed by atoms with van der Waals surface area (Å²) in [7, 11) is 0. The van der Waals surface area contributed by atoms with Crippen LogP contribution in [0.25, 0.3) is 17.0 Å². The molecular formula is C22H23FN8. The summed E-state index contributed by atoms with van der Waals surface area (Å²) < 4.78 is 15.5. The Morgan fingerprint density at radius 1 is 1.23 bits per heavy atom. The summed E-state index contributed by atoms with van der Waals surface area (Å²) in [6.07, 6.45) is 8.84. The highest BCUT2D eigenvalue weighted by Crippen LogP contribution is 2.28. The molecule has 9 heteroatoms. The zero-order chi connectivity index (χ0) is 21.5.